The maximum atomic E-state index is 12.4. The maximum Gasteiger partial charge on any atom is 0.281 e. The van der Waals surface area contributed by atoms with Gasteiger partial charge in [-0.3, -0.25) is 4.79 Å². The molecule has 20 heavy (non-hydrogen) atoms. The Morgan fingerprint density at radius 1 is 1.15 bits per heavy atom. The summed E-state index contributed by atoms with van der Waals surface area (Å²) < 4.78 is 26.7. The molecule has 114 valence electrons. The molecule has 1 heterocycles. The summed E-state index contributed by atoms with van der Waals surface area (Å²) >= 11 is 0. The Morgan fingerprint density at radius 2 is 1.80 bits per heavy atom. The molecule has 0 aromatic rings. The van der Waals surface area contributed by atoms with Crippen molar-refractivity contribution in [3.63, 3.8) is 0 Å². The van der Waals surface area contributed by atoms with Crippen LogP contribution in [0.2, 0.25) is 0 Å². The van der Waals surface area contributed by atoms with Crippen LogP contribution in [0.15, 0.2) is 12.2 Å². The number of allylic oxidation sites excluding steroid dienone is 2. The zero-order valence-electron chi connectivity index (χ0n) is 12.2. The molecule has 0 aromatic heterocycles. The van der Waals surface area contributed by atoms with Crippen LogP contribution >= 0.6 is 0 Å². The van der Waals surface area contributed by atoms with Crippen LogP contribution in [0.3, 0.4) is 0 Å². The molecule has 2 rings (SSSR count). The molecule has 0 aromatic carbocycles. The lowest BCUT2D eigenvalue weighted by Gasteiger charge is -2.36. The van der Waals surface area contributed by atoms with Crippen molar-refractivity contribution in [1.29, 1.82) is 0 Å². The van der Waals surface area contributed by atoms with Crippen molar-refractivity contribution in [2.45, 2.75) is 19.3 Å². The Morgan fingerprint density at radius 3 is 2.30 bits per heavy atom. The molecular weight excluding hydrogens is 278 g/mol. The van der Waals surface area contributed by atoms with Crippen molar-refractivity contribution in [2.24, 2.45) is 5.92 Å². The van der Waals surface area contributed by atoms with Gasteiger partial charge in [0.1, 0.15) is 0 Å². The summed E-state index contributed by atoms with van der Waals surface area (Å²) in [6.45, 7) is 1.75. The van der Waals surface area contributed by atoms with Crippen molar-refractivity contribution in [1.82, 2.24) is 13.5 Å². The molecule has 0 unspecified atom stereocenters. The Labute approximate surface area is 121 Å². The number of piperazine rings is 1. The zero-order chi connectivity index (χ0) is 14.8. The molecule has 0 saturated carbocycles. The standard InChI is InChI=1S/C13H23N3O3S/c1-14(2)20(18,19)16-10-8-15(9-11-16)13(17)12-6-4-3-5-7-12/h3-4,12H,5-11H2,1-2H3/t12-/m1/s1. The van der Waals surface area contributed by atoms with Crippen LogP contribution < -0.4 is 0 Å². The monoisotopic (exact) mass is 301 g/mol. The summed E-state index contributed by atoms with van der Waals surface area (Å²) in [6.07, 6.45) is 6.87. The Hall–Kier alpha value is -0.920. The second kappa shape index (κ2) is 6.24. The average molecular weight is 301 g/mol. The minimum atomic E-state index is -3.36. The normalized spacial score (nSPS) is 25.1. The molecule has 1 atom stereocenters. The summed E-state index contributed by atoms with van der Waals surface area (Å²) in [5.74, 6) is 0.258. The highest BCUT2D eigenvalue weighted by Crippen LogP contribution is 2.21. The van der Waals surface area contributed by atoms with E-state index in [2.05, 4.69) is 12.2 Å². The second-order valence-corrected chi connectivity index (χ2v) is 7.64. The van der Waals surface area contributed by atoms with E-state index in [1.54, 1.807) is 0 Å². The van der Waals surface area contributed by atoms with Crippen LogP contribution in [-0.4, -0.2) is 68.1 Å². The molecule has 1 aliphatic carbocycles. The minimum Gasteiger partial charge on any atom is -0.340 e. The first kappa shape index (κ1) is 15.5. The lowest BCUT2D eigenvalue weighted by atomic mass is 9.93. The number of amides is 1. The molecule has 2 aliphatic rings. The minimum absolute atomic E-state index is 0.0806. The number of carbonyl (C=O) groups is 1. The van der Waals surface area contributed by atoms with Crippen molar-refractivity contribution in [3.05, 3.63) is 12.2 Å². The fourth-order valence-corrected chi connectivity index (χ4v) is 3.73. The van der Waals surface area contributed by atoms with Crippen LogP contribution in [-0.2, 0) is 15.0 Å². The van der Waals surface area contributed by atoms with Crippen LogP contribution in [0.5, 0.6) is 0 Å². The predicted octanol–water partition coefficient (Wildman–Crippen LogP) is 0.293. The van der Waals surface area contributed by atoms with E-state index in [9.17, 15) is 13.2 Å². The van der Waals surface area contributed by atoms with Crippen LogP contribution in [0.4, 0.5) is 0 Å². The molecule has 0 N–H and O–H groups in total. The molecule has 1 fully saturated rings. The second-order valence-electron chi connectivity index (χ2n) is 5.50. The molecule has 0 bridgehead atoms. The highest BCUT2D eigenvalue weighted by Gasteiger charge is 2.32. The van der Waals surface area contributed by atoms with Gasteiger partial charge in [0.15, 0.2) is 0 Å². The first-order chi connectivity index (χ1) is 9.43. The number of hydrogen-bond acceptors (Lipinski definition) is 3. The van der Waals surface area contributed by atoms with Gasteiger partial charge in [-0.1, -0.05) is 12.2 Å². The van der Waals surface area contributed by atoms with E-state index in [0.717, 1.165) is 19.3 Å². The summed E-state index contributed by atoms with van der Waals surface area (Å²) in [4.78, 5) is 14.2. The van der Waals surface area contributed by atoms with E-state index in [-0.39, 0.29) is 11.8 Å². The van der Waals surface area contributed by atoms with Crippen molar-refractivity contribution in [3.8, 4) is 0 Å². The van der Waals surface area contributed by atoms with E-state index in [1.165, 1.54) is 22.7 Å². The van der Waals surface area contributed by atoms with Gasteiger partial charge in [0.25, 0.3) is 10.2 Å². The molecule has 0 radical (unpaired) electrons. The van der Waals surface area contributed by atoms with E-state index in [4.69, 9.17) is 0 Å². The number of nitrogens with zero attached hydrogens (tertiary/aromatic N) is 3. The van der Waals surface area contributed by atoms with Gasteiger partial charge < -0.3 is 4.90 Å². The van der Waals surface area contributed by atoms with Gasteiger partial charge >= 0.3 is 0 Å². The first-order valence-corrected chi connectivity index (χ1v) is 8.44. The van der Waals surface area contributed by atoms with Gasteiger partial charge in [-0.05, 0) is 19.3 Å². The SMILES string of the molecule is CN(C)S(=O)(=O)N1CCN(C(=O)[C@@H]2CC=CCC2)CC1. The molecule has 6 nitrogen and oxygen atoms in total. The van der Waals surface area contributed by atoms with Crippen LogP contribution in [0, 0.1) is 5.92 Å². The largest absolute Gasteiger partial charge is 0.340 e. The quantitative estimate of drug-likeness (QED) is 0.704. The van der Waals surface area contributed by atoms with Gasteiger partial charge in [0, 0.05) is 46.2 Å². The third kappa shape index (κ3) is 3.21. The lowest BCUT2D eigenvalue weighted by molar-refractivity contribution is -0.137. The summed E-state index contributed by atoms with van der Waals surface area (Å²) in [7, 11) is -0.298. The molecule has 7 heteroatoms. The van der Waals surface area contributed by atoms with E-state index >= 15 is 0 Å². The zero-order valence-corrected chi connectivity index (χ0v) is 13.0. The molecule has 1 saturated heterocycles. The van der Waals surface area contributed by atoms with Crippen molar-refractivity contribution >= 4 is 16.1 Å². The lowest BCUT2D eigenvalue weighted by Crippen LogP contribution is -2.54. The number of carbonyl (C=O) groups excluding carboxylic acids is 1. The smallest absolute Gasteiger partial charge is 0.281 e. The van der Waals surface area contributed by atoms with Crippen molar-refractivity contribution < 1.29 is 13.2 Å². The highest BCUT2D eigenvalue weighted by atomic mass is 32.2. The molecule has 1 aliphatic heterocycles. The third-order valence-electron chi connectivity index (χ3n) is 3.96. The first-order valence-electron chi connectivity index (χ1n) is 7.04. The Balaban J connectivity index is 1.91. The predicted molar refractivity (Wildman–Crippen MR) is 77.2 cm³/mol. The average Bonchev–Trinajstić information content (AvgIpc) is 2.47. The highest BCUT2D eigenvalue weighted by molar-refractivity contribution is 7.86. The van der Waals surface area contributed by atoms with E-state index in [0.29, 0.717) is 26.2 Å². The van der Waals surface area contributed by atoms with Gasteiger partial charge in [-0.2, -0.15) is 17.0 Å². The Bertz CT molecular complexity index is 479. The molecule has 0 spiro atoms. The maximum absolute atomic E-state index is 12.4. The van der Waals surface area contributed by atoms with E-state index < -0.39 is 10.2 Å². The topological polar surface area (TPSA) is 60.9 Å². The Kier molecular flexibility index (Phi) is 4.82. The van der Waals surface area contributed by atoms with Crippen molar-refractivity contribution in [2.75, 3.05) is 40.3 Å². The fourth-order valence-electron chi connectivity index (χ4n) is 2.65. The van der Waals surface area contributed by atoms with Gasteiger partial charge in [-0.15, -0.1) is 0 Å². The van der Waals surface area contributed by atoms with Crippen LogP contribution in [0.1, 0.15) is 19.3 Å². The van der Waals surface area contributed by atoms with E-state index in [1.807, 2.05) is 4.90 Å². The summed E-state index contributed by atoms with van der Waals surface area (Å²) in [6, 6.07) is 0. The molecular formula is C13H23N3O3S. The van der Waals surface area contributed by atoms with Gasteiger partial charge in [0.2, 0.25) is 5.91 Å². The van der Waals surface area contributed by atoms with Gasteiger partial charge in [0.05, 0.1) is 0 Å². The van der Waals surface area contributed by atoms with Crippen LogP contribution in [0.25, 0.3) is 0 Å². The van der Waals surface area contributed by atoms with Gasteiger partial charge in [-0.25, -0.2) is 0 Å². The fraction of sp³-hybridized carbons (Fsp3) is 0.769. The molecule has 1 amide bonds. The summed E-state index contributed by atoms with van der Waals surface area (Å²) in [5, 5.41) is 0. The number of rotatable bonds is 3. The number of hydrogen-bond donors (Lipinski definition) is 0. The third-order valence-corrected chi connectivity index (χ3v) is 5.90. The summed E-state index contributed by atoms with van der Waals surface area (Å²) in [5.41, 5.74) is 0.